The van der Waals surface area contributed by atoms with E-state index >= 15 is 0 Å². The van der Waals surface area contributed by atoms with Crippen LogP contribution < -0.4 is 5.32 Å². The van der Waals surface area contributed by atoms with Crippen molar-refractivity contribution in [2.24, 2.45) is 4.99 Å². The Morgan fingerprint density at radius 1 is 0.967 bits per heavy atom. The first-order valence-corrected chi connectivity index (χ1v) is 11.5. The minimum absolute atomic E-state index is 0.622. The SMILES string of the molecule is CCNC(=NCc1ccc(CN2CCOCC2)cc1)N1CCC(N2CCOCC2)C1. The standard InChI is InChI=1S/C23H37N5O2/c1-2-24-23(28-8-7-22(19-28)27-11-15-30-16-12-27)25-17-20-3-5-21(6-4-20)18-26-9-13-29-14-10-26/h3-6,22H,2,7-19H2,1H3,(H,24,25). The molecule has 1 atom stereocenters. The molecule has 4 rings (SSSR count). The summed E-state index contributed by atoms with van der Waals surface area (Å²) in [6.45, 7) is 14.5. The number of hydrogen-bond acceptors (Lipinski definition) is 5. The van der Waals surface area contributed by atoms with E-state index in [1.54, 1.807) is 0 Å². The highest BCUT2D eigenvalue weighted by atomic mass is 16.5. The highest BCUT2D eigenvalue weighted by molar-refractivity contribution is 5.80. The summed E-state index contributed by atoms with van der Waals surface area (Å²) in [5.41, 5.74) is 2.63. The highest BCUT2D eigenvalue weighted by Crippen LogP contribution is 2.17. The van der Waals surface area contributed by atoms with Crippen molar-refractivity contribution >= 4 is 5.96 Å². The number of aliphatic imine (C=N–C) groups is 1. The van der Waals surface area contributed by atoms with Crippen LogP contribution in [0.5, 0.6) is 0 Å². The summed E-state index contributed by atoms with van der Waals surface area (Å²) < 4.78 is 11.0. The van der Waals surface area contributed by atoms with Crippen LogP contribution in [0.25, 0.3) is 0 Å². The van der Waals surface area contributed by atoms with Gasteiger partial charge in [-0.25, -0.2) is 4.99 Å². The van der Waals surface area contributed by atoms with Crippen LogP contribution >= 0.6 is 0 Å². The molecule has 3 saturated heterocycles. The van der Waals surface area contributed by atoms with Gasteiger partial charge in [0.05, 0.1) is 33.0 Å². The van der Waals surface area contributed by atoms with Crippen molar-refractivity contribution in [1.29, 1.82) is 0 Å². The van der Waals surface area contributed by atoms with Gasteiger partial charge < -0.3 is 19.7 Å². The van der Waals surface area contributed by atoms with Crippen molar-refractivity contribution < 1.29 is 9.47 Å². The molecule has 1 N–H and O–H groups in total. The number of ether oxygens (including phenoxy) is 2. The number of nitrogens with zero attached hydrogens (tertiary/aromatic N) is 4. The quantitative estimate of drug-likeness (QED) is 0.560. The normalized spacial score (nSPS) is 24.4. The van der Waals surface area contributed by atoms with E-state index in [9.17, 15) is 0 Å². The second-order valence-electron chi connectivity index (χ2n) is 8.41. The van der Waals surface area contributed by atoms with Crippen molar-refractivity contribution in [3.8, 4) is 0 Å². The van der Waals surface area contributed by atoms with E-state index in [0.717, 1.165) is 91.3 Å². The van der Waals surface area contributed by atoms with Crippen LogP contribution in [-0.2, 0) is 22.6 Å². The van der Waals surface area contributed by atoms with Crippen LogP contribution in [-0.4, -0.2) is 98.9 Å². The molecular weight excluding hydrogens is 378 g/mol. The number of nitrogens with one attached hydrogen (secondary N) is 1. The minimum Gasteiger partial charge on any atom is -0.379 e. The third-order valence-electron chi connectivity index (χ3n) is 6.30. The maximum absolute atomic E-state index is 5.51. The lowest BCUT2D eigenvalue weighted by Crippen LogP contribution is -2.46. The Kier molecular flexibility index (Phi) is 7.97. The molecular formula is C23H37N5O2. The molecule has 0 aliphatic carbocycles. The average Bonchev–Trinajstić information content (AvgIpc) is 3.29. The molecule has 0 aromatic heterocycles. The van der Waals surface area contributed by atoms with Crippen LogP contribution in [0.15, 0.2) is 29.3 Å². The molecule has 0 saturated carbocycles. The molecule has 0 amide bonds. The molecule has 7 nitrogen and oxygen atoms in total. The summed E-state index contributed by atoms with van der Waals surface area (Å²) in [6, 6.07) is 9.57. The van der Waals surface area contributed by atoms with E-state index in [2.05, 4.69) is 51.2 Å². The van der Waals surface area contributed by atoms with Gasteiger partial charge in [-0.3, -0.25) is 9.80 Å². The lowest BCUT2D eigenvalue weighted by Gasteiger charge is -2.32. The van der Waals surface area contributed by atoms with Gasteiger partial charge in [0.1, 0.15) is 0 Å². The summed E-state index contributed by atoms with van der Waals surface area (Å²) in [5.74, 6) is 1.05. The van der Waals surface area contributed by atoms with Crippen molar-refractivity contribution in [3.63, 3.8) is 0 Å². The number of guanidine groups is 1. The minimum atomic E-state index is 0.622. The summed E-state index contributed by atoms with van der Waals surface area (Å²) in [6.07, 6.45) is 1.21. The Hall–Kier alpha value is -1.67. The monoisotopic (exact) mass is 415 g/mol. The summed E-state index contributed by atoms with van der Waals surface area (Å²) in [5, 5.41) is 3.50. The van der Waals surface area contributed by atoms with Crippen LogP contribution in [0.1, 0.15) is 24.5 Å². The van der Waals surface area contributed by atoms with Gasteiger partial charge in [0.2, 0.25) is 0 Å². The lowest BCUT2D eigenvalue weighted by atomic mass is 10.1. The first kappa shape index (κ1) is 21.6. The maximum atomic E-state index is 5.51. The number of rotatable bonds is 6. The average molecular weight is 416 g/mol. The van der Waals surface area contributed by atoms with E-state index in [1.807, 2.05) is 0 Å². The molecule has 3 aliphatic heterocycles. The zero-order valence-electron chi connectivity index (χ0n) is 18.4. The third kappa shape index (κ3) is 5.94. The fourth-order valence-corrected chi connectivity index (χ4v) is 4.53. The molecule has 3 heterocycles. The molecule has 7 heteroatoms. The van der Waals surface area contributed by atoms with E-state index in [4.69, 9.17) is 14.5 Å². The molecule has 166 valence electrons. The van der Waals surface area contributed by atoms with Crippen LogP contribution in [0.2, 0.25) is 0 Å². The molecule has 30 heavy (non-hydrogen) atoms. The molecule has 3 fully saturated rings. The Morgan fingerprint density at radius 3 is 2.33 bits per heavy atom. The van der Waals surface area contributed by atoms with Gasteiger partial charge in [0.15, 0.2) is 5.96 Å². The Balaban J connectivity index is 1.31. The van der Waals surface area contributed by atoms with Gasteiger partial charge in [-0.05, 0) is 24.5 Å². The summed E-state index contributed by atoms with van der Waals surface area (Å²) in [7, 11) is 0. The second kappa shape index (κ2) is 11.1. The first-order valence-electron chi connectivity index (χ1n) is 11.5. The number of likely N-dealkylation sites (tertiary alicyclic amines) is 1. The van der Waals surface area contributed by atoms with Gasteiger partial charge in [-0.15, -0.1) is 0 Å². The Bertz CT molecular complexity index is 669. The van der Waals surface area contributed by atoms with Gasteiger partial charge in [-0.2, -0.15) is 0 Å². The fraction of sp³-hybridized carbons (Fsp3) is 0.696. The topological polar surface area (TPSA) is 52.6 Å². The maximum Gasteiger partial charge on any atom is 0.194 e. The number of morpholine rings is 2. The Morgan fingerprint density at radius 2 is 1.63 bits per heavy atom. The van der Waals surface area contributed by atoms with Gasteiger partial charge in [-0.1, -0.05) is 24.3 Å². The van der Waals surface area contributed by atoms with Gasteiger partial charge >= 0.3 is 0 Å². The fourth-order valence-electron chi connectivity index (χ4n) is 4.53. The van der Waals surface area contributed by atoms with Crippen molar-refractivity contribution in [2.45, 2.75) is 32.5 Å². The van der Waals surface area contributed by atoms with E-state index in [1.165, 1.54) is 17.5 Å². The smallest absolute Gasteiger partial charge is 0.194 e. The molecule has 0 radical (unpaired) electrons. The van der Waals surface area contributed by atoms with Gasteiger partial charge in [0, 0.05) is 58.4 Å². The van der Waals surface area contributed by atoms with E-state index in [0.29, 0.717) is 6.04 Å². The van der Waals surface area contributed by atoms with Crippen LogP contribution in [0.4, 0.5) is 0 Å². The number of benzene rings is 1. The predicted octanol–water partition coefficient (Wildman–Crippen LogP) is 1.39. The molecule has 3 aliphatic rings. The van der Waals surface area contributed by atoms with E-state index < -0.39 is 0 Å². The highest BCUT2D eigenvalue weighted by Gasteiger charge is 2.30. The van der Waals surface area contributed by atoms with Crippen molar-refractivity contribution in [3.05, 3.63) is 35.4 Å². The molecule has 0 bridgehead atoms. The zero-order valence-corrected chi connectivity index (χ0v) is 18.4. The van der Waals surface area contributed by atoms with Crippen LogP contribution in [0, 0.1) is 0 Å². The van der Waals surface area contributed by atoms with Crippen molar-refractivity contribution in [1.82, 2.24) is 20.0 Å². The molecule has 1 aromatic rings. The van der Waals surface area contributed by atoms with Crippen LogP contribution in [0.3, 0.4) is 0 Å². The number of hydrogen-bond donors (Lipinski definition) is 1. The lowest BCUT2D eigenvalue weighted by molar-refractivity contribution is 0.0195. The molecule has 0 spiro atoms. The molecule has 1 unspecified atom stereocenters. The van der Waals surface area contributed by atoms with Gasteiger partial charge in [0.25, 0.3) is 0 Å². The Labute approximate surface area is 181 Å². The van der Waals surface area contributed by atoms with Crippen molar-refractivity contribution in [2.75, 3.05) is 72.2 Å². The third-order valence-corrected chi connectivity index (χ3v) is 6.30. The second-order valence-corrected chi connectivity index (χ2v) is 8.41. The first-order chi connectivity index (χ1) is 14.8. The predicted molar refractivity (Wildman–Crippen MR) is 120 cm³/mol. The summed E-state index contributed by atoms with van der Waals surface area (Å²) in [4.78, 5) is 12.4. The van der Waals surface area contributed by atoms with E-state index in [-0.39, 0.29) is 0 Å². The summed E-state index contributed by atoms with van der Waals surface area (Å²) >= 11 is 0. The zero-order chi connectivity index (χ0) is 20.6. The largest absolute Gasteiger partial charge is 0.379 e. The molecule has 1 aromatic carbocycles.